The maximum Gasteiger partial charge on any atom is 0.416 e. The van der Waals surface area contributed by atoms with E-state index in [0.29, 0.717) is 23.4 Å². The predicted molar refractivity (Wildman–Crippen MR) is 69.9 cm³/mol. The van der Waals surface area contributed by atoms with Crippen molar-refractivity contribution < 1.29 is 14.6 Å². The van der Waals surface area contributed by atoms with Gasteiger partial charge in [-0.05, 0) is 18.1 Å². The van der Waals surface area contributed by atoms with Crippen LogP contribution in [0.4, 0.5) is 16.2 Å². The average Bonchev–Trinajstić information content (AvgIpc) is 2.39. The van der Waals surface area contributed by atoms with Crippen molar-refractivity contribution >= 4 is 17.5 Å². The number of methoxy groups -OCH3 is 1. The molecule has 0 aliphatic carbocycles. The standard InChI is InChI=1S/C12H19N3O3/c1-3-10(16)15(12(17)18-2)11-8(7-13)5-4-6-9(11)14/h4-6,10,16H,3,7,13-14H2,1-2H3. The highest BCUT2D eigenvalue weighted by Crippen LogP contribution is 2.30. The van der Waals surface area contributed by atoms with E-state index in [9.17, 15) is 9.90 Å². The smallest absolute Gasteiger partial charge is 0.416 e. The summed E-state index contributed by atoms with van der Waals surface area (Å²) in [5.74, 6) is 0. The highest BCUT2D eigenvalue weighted by molar-refractivity contribution is 5.93. The number of aliphatic hydroxyl groups is 1. The van der Waals surface area contributed by atoms with Crippen molar-refractivity contribution in [2.24, 2.45) is 5.73 Å². The van der Waals surface area contributed by atoms with Crippen molar-refractivity contribution in [3.63, 3.8) is 0 Å². The zero-order chi connectivity index (χ0) is 13.7. The Morgan fingerprint density at radius 1 is 1.56 bits per heavy atom. The normalized spacial score (nSPS) is 12.0. The van der Waals surface area contributed by atoms with Gasteiger partial charge >= 0.3 is 6.09 Å². The topological polar surface area (TPSA) is 102 Å². The molecule has 0 saturated heterocycles. The first-order valence-corrected chi connectivity index (χ1v) is 5.69. The number of nitrogens with two attached hydrogens (primary N) is 2. The second-order valence-electron chi connectivity index (χ2n) is 3.79. The molecule has 1 aromatic rings. The lowest BCUT2D eigenvalue weighted by Crippen LogP contribution is -2.41. The van der Waals surface area contributed by atoms with E-state index in [4.69, 9.17) is 11.5 Å². The van der Waals surface area contributed by atoms with Gasteiger partial charge in [0.15, 0.2) is 0 Å². The van der Waals surface area contributed by atoms with Crippen LogP contribution in [0.3, 0.4) is 0 Å². The molecule has 0 fully saturated rings. The Balaban J connectivity index is 3.32. The van der Waals surface area contributed by atoms with E-state index in [1.54, 1.807) is 25.1 Å². The summed E-state index contributed by atoms with van der Waals surface area (Å²) in [6.07, 6.45) is -1.32. The Labute approximate surface area is 106 Å². The Hall–Kier alpha value is -1.79. The lowest BCUT2D eigenvalue weighted by atomic mass is 10.1. The van der Waals surface area contributed by atoms with Gasteiger partial charge in [0.1, 0.15) is 6.23 Å². The number of rotatable bonds is 4. The fourth-order valence-electron chi connectivity index (χ4n) is 1.71. The first-order chi connectivity index (χ1) is 8.56. The van der Waals surface area contributed by atoms with Gasteiger partial charge in [0, 0.05) is 6.54 Å². The van der Waals surface area contributed by atoms with Crippen molar-refractivity contribution in [1.82, 2.24) is 0 Å². The number of nitrogen functional groups attached to an aromatic ring is 1. The van der Waals surface area contributed by atoms with Crippen molar-refractivity contribution in [3.05, 3.63) is 23.8 Å². The van der Waals surface area contributed by atoms with Gasteiger partial charge in [-0.25, -0.2) is 9.69 Å². The number of carbonyl (C=O) groups excluding carboxylic acids is 1. The summed E-state index contributed by atoms with van der Waals surface area (Å²) in [4.78, 5) is 12.9. The SMILES string of the molecule is CCC(O)N(C(=O)OC)c1c(N)cccc1CN. The number of amides is 1. The molecule has 1 unspecified atom stereocenters. The van der Waals surface area contributed by atoms with E-state index in [2.05, 4.69) is 4.74 Å². The van der Waals surface area contributed by atoms with Crippen LogP contribution in [0.1, 0.15) is 18.9 Å². The summed E-state index contributed by atoms with van der Waals surface area (Å²) < 4.78 is 4.67. The molecule has 100 valence electrons. The van der Waals surface area contributed by atoms with E-state index < -0.39 is 12.3 Å². The minimum absolute atomic E-state index is 0.213. The molecule has 1 atom stereocenters. The quantitative estimate of drug-likeness (QED) is 0.549. The maximum absolute atomic E-state index is 11.8. The Bertz CT molecular complexity index is 423. The van der Waals surface area contributed by atoms with Crippen molar-refractivity contribution in [2.75, 3.05) is 17.7 Å². The molecule has 0 aliphatic rings. The first kappa shape index (κ1) is 14.3. The molecule has 1 amide bonds. The molecule has 1 rings (SSSR count). The molecule has 6 nitrogen and oxygen atoms in total. The van der Waals surface area contributed by atoms with Gasteiger partial charge in [-0.15, -0.1) is 0 Å². The number of anilines is 2. The largest absolute Gasteiger partial charge is 0.452 e. The van der Waals surface area contributed by atoms with Crippen LogP contribution in [0, 0.1) is 0 Å². The van der Waals surface area contributed by atoms with Crippen LogP contribution >= 0.6 is 0 Å². The number of ether oxygens (including phenoxy) is 1. The molecule has 0 heterocycles. The maximum atomic E-state index is 11.8. The summed E-state index contributed by atoms with van der Waals surface area (Å²) in [5.41, 5.74) is 12.9. The zero-order valence-corrected chi connectivity index (χ0v) is 10.6. The number of benzene rings is 1. The molecule has 0 spiro atoms. The minimum Gasteiger partial charge on any atom is -0.452 e. The summed E-state index contributed by atoms with van der Waals surface area (Å²) >= 11 is 0. The number of hydrogen-bond donors (Lipinski definition) is 3. The second-order valence-corrected chi connectivity index (χ2v) is 3.79. The number of carbonyl (C=O) groups is 1. The van der Waals surface area contributed by atoms with Gasteiger partial charge in [-0.3, -0.25) is 0 Å². The molecule has 18 heavy (non-hydrogen) atoms. The summed E-state index contributed by atoms with van der Waals surface area (Å²) in [5, 5.41) is 9.95. The van der Waals surface area contributed by atoms with Crippen LogP contribution in [-0.2, 0) is 11.3 Å². The van der Waals surface area contributed by atoms with Gasteiger partial charge < -0.3 is 21.3 Å². The third-order valence-electron chi connectivity index (χ3n) is 2.65. The third-order valence-corrected chi connectivity index (χ3v) is 2.65. The van der Waals surface area contributed by atoms with E-state index in [0.717, 1.165) is 4.90 Å². The number of nitrogens with zero attached hydrogens (tertiary/aromatic N) is 1. The molecular weight excluding hydrogens is 234 g/mol. The molecule has 0 radical (unpaired) electrons. The monoisotopic (exact) mass is 253 g/mol. The summed E-state index contributed by atoms with van der Waals surface area (Å²) in [7, 11) is 1.25. The summed E-state index contributed by atoms with van der Waals surface area (Å²) in [6.45, 7) is 1.96. The van der Waals surface area contributed by atoms with Crippen molar-refractivity contribution in [1.29, 1.82) is 0 Å². The molecular formula is C12H19N3O3. The van der Waals surface area contributed by atoms with Crippen LogP contribution in [-0.4, -0.2) is 24.5 Å². The molecule has 1 aromatic carbocycles. The molecule has 0 saturated carbocycles. The second kappa shape index (κ2) is 6.23. The van der Waals surface area contributed by atoms with E-state index >= 15 is 0 Å². The zero-order valence-electron chi connectivity index (χ0n) is 10.6. The number of aliphatic hydroxyl groups excluding tert-OH is 1. The van der Waals surface area contributed by atoms with E-state index in [1.165, 1.54) is 7.11 Å². The minimum atomic E-state index is -1.01. The first-order valence-electron chi connectivity index (χ1n) is 5.69. The molecule has 0 bridgehead atoms. The van der Waals surface area contributed by atoms with Gasteiger partial charge in [-0.1, -0.05) is 19.1 Å². The Morgan fingerprint density at radius 3 is 2.72 bits per heavy atom. The molecule has 0 aromatic heterocycles. The van der Waals surface area contributed by atoms with Crippen LogP contribution in [0.15, 0.2) is 18.2 Å². The van der Waals surface area contributed by atoms with Crippen LogP contribution < -0.4 is 16.4 Å². The van der Waals surface area contributed by atoms with Gasteiger partial charge in [0.05, 0.1) is 18.5 Å². The van der Waals surface area contributed by atoms with Crippen LogP contribution in [0.2, 0.25) is 0 Å². The Morgan fingerprint density at radius 2 is 2.22 bits per heavy atom. The van der Waals surface area contributed by atoms with Gasteiger partial charge in [-0.2, -0.15) is 0 Å². The summed E-state index contributed by atoms with van der Waals surface area (Å²) in [6, 6.07) is 5.14. The molecule has 0 aliphatic heterocycles. The highest BCUT2D eigenvalue weighted by Gasteiger charge is 2.26. The van der Waals surface area contributed by atoms with Gasteiger partial charge in [0.2, 0.25) is 0 Å². The van der Waals surface area contributed by atoms with E-state index in [1.807, 2.05) is 0 Å². The number of hydrogen-bond acceptors (Lipinski definition) is 5. The molecule has 5 N–H and O–H groups in total. The fourth-order valence-corrected chi connectivity index (χ4v) is 1.71. The highest BCUT2D eigenvalue weighted by atomic mass is 16.5. The molecule has 6 heteroatoms. The lowest BCUT2D eigenvalue weighted by Gasteiger charge is -2.28. The lowest BCUT2D eigenvalue weighted by molar-refractivity contribution is 0.133. The van der Waals surface area contributed by atoms with Crippen LogP contribution in [0.5, 0.6) is 0 Å². The Kier molecular flexibility index (Phi) is 4.94. The number of para-hydroxylation sites is 1. The average molecular weight is 253 g/mol. The van der Waals surface area contributed by atoms with E-state index in [-0.39, 0.29) is 6.54 Å². The van der Waals surface area contributed by atoms with Crippen molar-refractivity contribution in [2.45, 2.75) is 26.1 Å². The van der Waals surface area contributed by atoms with Gasteiger partial charge in [0.25, 0.3) is 0 Å². The van der Waals surface area contributed by atoms with Crippen LogP contribution in [0.25, 0.3) is 0 Å². The predicted octanol–water partition coefficient (Wildman–Crippen LogP) is 1.03. The fraction of sp³-hybridized carbons (Fsp3) is 0.417. The van der Waals surface area contributed by atoms with Crippen molar-refractivity contribution in [3.8, 4) is 0 Å². The third kappa shape index (κ3) is 2.72.